The molecule has 0 saturated carbocycles. The lowest BCUT2D eigenvalue weighted by Gasteiger charge is -2.31. The number of imide groups is 1. The highest BCUT2D eigenvalue weighted by atomic mass is 19.2. The third-order valence-electron chi connectivity index (χ3n) is 3.36. The molecule has 0 spiro atoms. The molecule has 112 valence electrons. The molecule has 0 aliphatic carbocycles. The molecule has 1 aromatic rings. The Kier molecular flexibility index (Phi) is 4.30. The van der Waals surface area contributed by atoms with Crippen LogP contribution in [0.25, 0.3) is 0 Å². The molecule has 1 saturated heterocycles. The monoisotopic (exact) mass is 296 g/mol. The first-order valence-electron chi connectivity index (χ1n) is 6.45. The molecule has 1 N–H and O–H groups in total. The quantitative estimate of drug-likeness (QED) is 0.838. The smallest absolute Gasteiger partial charge is 0.249 e. The van der Waals surface area contributed by atoms with E-state index in [1.807, 2.05) is 0 Å². The fraction of sp³-hybridized carbons (Fsp3) is 0.357. The van der Waals surface area contributed by atoms with Crippen LogP contribution in [0.2, 0.25) is 0 Å². The molecule has 1 aromatic carbocycles. The molecule has 21 heavy (non-hydrogen) atoms. The van der Waals surface area contributed by atoms with Crippen molar-refractivity contribution in [1.29, 1.82) is 0 Å². The number of aryl methyl sites for hydroxylation is 1. The first kappa shape index (κ1) is 15.1. The second-order valence-electron chi connectivity index (χ2n) is 4.86. The van der Waals surface area contributed by atoms with E-state index < -0.39 is 29.5 Å². The van der Waals surface area contributed by atoms with Gasteiger partial charge in [0.1, 0.15) is 12.6 Å². The van der Waals surface area contributed by atoms with Crippen LogP contribution in [0.3, 0.4) is 0 Å². The molecule has 7 heteroatoms. The van der Waals surface area contributed by atoms with E-state index in [4.69, 9.17) is 0 Å². The maximum Gasteiger partial charge on any atom is 0.249 e. The molecule has 1 atom stereocenters. The van der Waals surface area contributed by atoms with Gasteiger partial charge in [0.05, 0.1) is 0 Å². The number of hydrogen-bond acceptors (Lipinski definition) is 3. The van der Waals surface area contributed by atoms with Crippen molar-refractivity contribution in [3.05, 3.63) is 35.4 Å². The summed E-state index contributed by atoms with van der Waals surface area (Å²) < 4.78 is 25.8. The number of benzene rings is 1. The summed E-state index contributed by atoms with van der Waals surface area (Å²) in [6, 6.07) is 2.69. The van der Waals surface area contributed by atoms with Gasteiger partial charge in [-0.15, -0.1) is 0 Å². The van der Waals surface area contributed by atoms with E-state index >= 15 is 0 Å². The minimum atomic E-state index is -0.971. The number of hydrogen-bond donors (Lipinski definition) is 1. The van der Waals surface area contributed by atoms with E-state index in [1.165, 1.54) is 17.9 Å². The predicted octanol–water partition coefficient (Wildman–Crippen LogP) is 0.771. The summed E-state index contributed by atoms with van der Waals surface area (Å²) in [6.45, 7) is 1.35. The summed E-state index contributed by atoms with van der Waals surface area (Å²) in [7, 11) is 0. The van der Waals surface area contributed by atoms with Crippen molar-refractivity contribution in [1.82, 2.24) is 10.2 Å². The third kappa shape index (κ3) is 3.42. The van der Waals surface area contributed by atoms with Crippen LogP contribution in [0, 0.1) is 11.6 Å². The second kappa shape index (κ2) is 5.99. The van der Waals surface area contributed by atoms with Crippen molar-refractivity contribution in [2.45, 2.75) is 25.8 Å². The van der Waals surface area contributed by atoms with E-state index in [0.29, 0.717) is 5.56 Å². The predicted molar refractivity (Wildman–Crippen MR) is 69.0 cm³/mol. The summed E-state index contributed by atoms with van der Waals surface area (Å²) in [5.74, 6) is -3.35. The zero-order chi connectivity index (χ0) is 15.6. The maximum atomic E-state index is 13.1. The molecule has 1 aliphatic rings. The zero-order valence-corrected chi connectivity index (χ0v) is 11.4. The normalized spacial score (nSPS) is 18.6. The lowest BCUT2D eigenvalue weighted by Crippen LogP contribution is -2.58. The van der Waals surface area contributed by atoms with E-state index in [2.05, 4.69) is 5.32 Å². The Bertz CT molecular complexity index is 604. The topological polar surface area (TPSA) is 66.5 Å². The lowest BCUT2D eigenvalue weighted by atomic mass is 10.1. The third-order valence-corrected chi connectivity index (χ3v) is 3.36. The average molecular weight is 296 g/mol. The minimum absolute atomic E-state index is 0.00989. The van der Waals surface area contributed by atoms with Gasteiger partial charge in [-0.2, -0.15) is 0 Å². The summed E-state index contributed by atoms with van der Waals surface area (Å²) in [6.07, 6.45) is 0.213. The van der Waals surface area contributed by atoms with Crippen LogP contribution >= 0.6 is 0 Å². The number of nitrogens with zero attached hydrogens (tertiary/aromatic N) is 1. The zero-order valence-electron chi connectivity index (χ0n) is 11.4. The number of carbonyl (C=O) groups is 3. The number of amides is 3. The van der Waals surface area contributed by atoms with Gasteiger partial charge in [-0.3, -0.25) is 19.7 Å². The number of carbonyl (C=O) groups excluding carboxylic acids is 3. The van der Waals surface area contributed by atoms with Crippen LogP contribution < -0.4 is 5.32 Å². The summed E-state index contributed by atoms with van der Waals surface area (Å²) in [5, 5.41) is 2.14. The Hall–Kier alpha value is -2.31. The highest BCUT2D eigenvalue weighted by molar-refractivity contribution is 6.04. The molecule has 0 radical (unpaired) electrons. The SMILES string of the molecule is CC1C(=O)NC(=O)CN1C(=O)CCc1ccc(F)c(F)c1. The summed E-state index contributed by atoms with van der Waals surface area (Å²) >= 11 is 0. The first-order chi connectivity index (χ1) is 9.88. The molecular weight excluding hydrogens is 282 g/mol. The van der Waals surface area contributed by atoms with E-state index in [-0.39, 0.29) is 25.3 Å². The van der Waals surface area contributed by atoms with Gasteiger partial charge in [-0.05, 0) is 31.0 Å². The summed E-state index contributed by atoms with van der Waals surface area (Å²) in [5.41, 5.74) is 0.475. The average Bonchev–Trinajstić information content (AvgIpc) is 2.43. The van der Waals surface area contributed by atoms with E-state index in [1.54, 1.807) is 0 Å². The molecule has 0 bridgehead atoms. The second-order valence-corrected chi connectivity index (χ2v) is 4.86. The van der Waals surface area contributed by atoms with Gasteiger partial charge < -0.3 is 4.90 Å². The van der Waals surface area contributed by atoms with Crippen LogP contribution in [-0.4, -0.2) is 35.2 Å². The lowest BCUT2D eigenvalue weighted by molar-refractivity contribution is -0.149. The van der Waals surface area contributed by atoms with Gasteiger partial charge >= 0.3 is 0 Å². The molecule has 1 aliphatic heterocycles. The standard InChI is InChI=1S/C14H14F2N2O3/c1-8-14(21)17-12(19)7-18(8)13(20)5-3-9-2-4-10(15)11(16)6-9/h2,4,6,8H,3,5,7H2,1H3,(H,17,19,21). The Morgan fingerprint density at radius 1 is 1.33 bits per heavy atom. The molecular formula is C14H14F2N2O3. The fourth-order valence-electron chi connectivity index (χ4n) is 2.11. The van der Waals surface area contributed by atoms with Crippen LogP contribution in [-0.2, 0) is 20.8 Å². The Labute approximate surface area is 119 Å². The Morgan fingerprint density at radius 2 is 2.05 bits per heavy atom. The Morgan fingerprint density at radius 3 is 2.71 bits per heavy atom. The minimum Gasteiger partial charge on any atom is -0.322 e. The van der Waals surface area contributed by atoms with Crippen LogP contribution in [0.5, 0.6) is 0 Å². The highest BCUT2D eigenvalue weighted by Gasteiger charge is 2.32. The van der Waals surface area contributed by atoms with Crippen molar-refractivity contribution in [2.24, 2.45) is 0 Å². The van der Waals surface area contributed by atoms with E-state index in [9.17, 15) is 23.2 Å². The molecule has 0 aromatic heterocycles. The maximum absolute atomic E-state index is 13.1. The van der Waals surface area contributed by atoms with Crippen molar-refractivity contribution < 1.29 is 23.2 Å². The highest BCUT2D eigenvalue weighted by Crippen LogP contribution is 2.13. The van der Waals surface area contributed by atoms with Crippen LogP contribution in [0.4, 0.5) is 8.78 Å². The molecule has 1 unspecified atom stereocenters. The first-order valence-corrected chi connectivity index (χ1v) is 6.45. The van der Waals surface area contributed by atoms with Crippen molar-refractivity contribution in [3.63, 3.8) is 0 Å². The largest absolute Gasteiger partial charge is 0.322 e. The van der Waals surface area contributed by atoms with E-state index in [0.717, 1.165) is 12.1 Å². The molecule has 5 nitrogen and oxygen atoms in total. The van der Waals surface area contributed by atoms with Gasteiger partial charge in [-0.25, -0.2) is 8.78 Å². The number of halogens is 2. The number of piperazine rings is 1. The fourth-order valence-corrected chi connectivity index (χ4v) is 2.11. The number of nitrogens with one attached hydrogen (secondary N) is 1. The van der Waals surface area contributed by atoms with Gasteiger partial charge in [0.2, 0.25) is 17.7 Å². The molecule has 2 rings (SSSR count). The van der Waals surface area contributed by atoms with Crippen molar-refractivity contribution in [3.8, 4) is 0 Å². The number of rotatable bonds is 3. The van der Waals surface area contributed by atoms with Crippen LogP contribution in [0.15, 0.2) is 18.2 Å². The molecule has 1 fully saturated rings. The van der Waals surface area contributed by atoms with Gasteiger partial charge in [0.15, 0.2) is 11.6 Å². The van der Waals surface area contributed by atoms with Gasteiger partial charge in [-0.1, -0.05) is 6.07 Å². The molecule has 1 heterocycles. The van der Waals surface area contributed by atoms with Crippen molar-refractivity contribution in [2.75, 3.05) is 6.54 Å². The molecule has 3 amide bonds. The summed E-state index contributed by atoms with van der Waals surface area (Å²) in [4.78, 5) is 36.0. The van der Waals surface area contributed by atoms with Crippen LogP contribution in [0.1, 0.15) is 18.9 Å². The van der Waals surface area contributed by atoms with Gasteiger partial charge in [0.25, 0.3) is 0 Å². The Balaban J connectivity index is 1.99. The van der Waals surface area contributed by atoms with Crippen molar-refractivity contribution >= 4 is 17.7 Å². The van der Waals surface area contributed by atoms with Gasteiger partial charge in [0, 0.05) is 6.42 Å².